The van der Waals surface area contributed by atoms with Gasteiger partial charge in [-0.3, -0.25) is 0 Å². The van der Waals surface area contributed by atoms with E-state index in [0.29, 0.717) is 17.0 Å². The van der Waals surface area contributed by atoms with Crippen LogP contribution >= 0.6 is 11.6 Å². The molecule has 0 aliphatic rings. The van der Waals surface area contributed by atoms with Gasteiger partial charge >= 0.3 is 0 Å². The number of rotatable bonds is 6. The van der Waals surface area contributed by atoms with Crippen molar-refractivity contribution in [3.8, 4) is 0 Å². The van der Waals surface area contributed by atoms with Gasteiger partial charge in [-0.1, -0.05) is 13.8 Å². The molecule has 0 aromatic carbocycles. The third-order valence-corrected chi connectivity index (χ3v) is 3.09. The molecular weight excluding hydrogens is 264 g/mol. The highest BCUT2D eigenvalue weighted by atomic mass is 35.5. The first kappa shape index (κ1) is 13.9. The molecule has 0 radical (unpaired) electrons. The van der Waals surface area contributed by atoms with Gasteiger partial charge in [0.05, 0.1) is 0 Å². The molecule has 19 heavy (non-hydrogen) atoms. The van der Waals surface area contributed by atoms with Gasteiger partial charge in [0.1, 0.15) is 0 Å². The molecule has 7 heteroatoms. The Morgan fingerprint density at radius 2 is 1.89 bits per heavy atom. The van der Waals surface area contributed by atoms with Crippen molar-refractivity contribution in [3.63, 3.8) is 0 Å². The zero-order valence-corrected chi connectivity index (χ0v) is 11.9. The van der Waals surface area contributed by atoms with Gasteiger partial charge in [-0.2, -0.15) is 9.97 Å². The fourth-order valence-electron chi connectivity index (χ4n) is 1.83. The number of aromatic nitrogens is 4. The normalized spacial score (nSPS) is 11.2. The van der Waals surface area contributed by atoms with Crippen LogP contribution in [0.15, 0.2) is 12.4 Å². The molecule has 2 rings (SSSR count). The first-order valence-electron chi connectivity index (χ1n) is 6.35. The van der Waals surface area contributed by atoms with E-state index in [4.69, 9.17) is 11.6 Å². The van der Waals surface area contributed by atoms with Crippen molar-refractivity contribution >= 4 is 28.6 Å². The highest BCUT2D eigenvalue weighted by Crippen LogP contribution is 2.17. The summed E-state index contributed by atoms with van der Waals surface area (Å²) in [5.41, 5.74) is 1.15. The SMILES string of the molecule is CCN(CC)CCNc1nc(Cl)nc2nccnc12. The molecule has 102 valence electrons. The van der Waals surface area contributed by atoms with Crippen LogP contribution in [0.3, 0.4) is 0 Å². The highest BCUT2D eigenvalue weighted by molar-refractivity contribution is 6.28. The second-order valence-electron chi connectivity index (χ2n) is 4.02. The topological polar surface area (TPSA) is 66.8 Å². The van der Waals surface area contributed by atoms with Crippen LogP contribution in [0, 0.1) is 0 Å². The van der Waals surface area contributed by atoms with E-state index in [1.54, 1.807) is 12.4 Å². The fourth-order valence-corrected chi connectivity index (χ4v) is 2.00. The van der Waals surface area contributed by atoms with Gasteiger partial charge in [0.15, 0.2) is 17.0 Å². The highest BCUT2D eigenvalue weighted by Gasteiger charge is 2.08. The minimum Gasteiger partial charge on any atom is -0.367 e. The minimum atomic E-state index is 0.179. The Kier molecular flexibility index (Phi) is 4.81. The molecule has 0 spiro atoms. The second-order valence-corrected chi connectivity index (χ2v) is 4.36. The lowest BCUT2D eigenvalue weighted by Gasteiger charge is -2.18. The summed E-state index contributed by atoms with van der Waals surface area (Å²) in [6.45, 7) is 8.07. The third-order valence-electron chi connectivity index (χ3n) is 2.92. The summed E-state index contributed by atoms with van der Waals surface area (Å²) < 4.78 is 0. The van der Waals surface area contributed by atoms with Crippen LogP contribution in [-0.4, -0.2) is 51.0 Å². The lowest BCUT2D eigenvalue weighted by molar-refractivity contribution is 0.316. The molecule has 0 atom stereocenters. The van der Waals surface area contributed by atoms with Crippen LogP contribution in [0.1, 0.15) is 13.8 Å². The third kappa shape index (κ3) is 3.48. The summed E-state index contributed by atoms with van der Waals surface area (Å²) in [7, 11) is 0. The smallest absolute Gasteiger partial charge is 0.226 e. The molecule has 2 heterocycles. The molecule has 6 nitrogen and oxygen atoms in total. The van der Waals surface area contributed by atoms with Gasteiger partial charge in [-0.05, 0) is 24.7 Å². The molecule has 2 aromatic rings. The van der Waals surface area contributed by atoms with Crippen molar-refractivity contribution < 1.29 is 0 Å². The number of hydrogen-bond acceptors (Lipinski definition) is 6. The Hall–Kier alpha value is -1.53. The molecule has 0 saturated heterocycles. The first-order chi connectivity index (χ1) is 9.24. The largest absolute Gasteiger partial charge is 0.367 e. The fraction of sp³-hybridized carbons (Fsp3) is 0.500. The molecule has 0 saturated carbocycles. The predicted molar refractivity (Wildman–Crippen MR) is 76.4 cm³/mol. The van der Waals surface area contributed by atoms with Crippen molar-refractivity contribution in [1.82, 2.24) is 24.8 Å². The van der Waals surface area contributed by atoms with Gasteiger partial charge in [-0.15, -0.1) is 0 Å². The molecular formula is C12H17ClN6. The van der Waals surface area contributed by atoms with Crippen molar-refractivity contribution in [2.24, 2.45) is 0 Å². The molecule has 1 N–H and O–H groups in total. The summed E-state index contributed by atoms with van der Waals surface area (Å²) >= 11 is 5.88. The van der Waals surface area contributed by atoms with Gasteiger partial charge in [0, 0.05) is 25.5 Å². The number of halogens is 1. The average molecular weight is 281 g/mol. The molecule has 0 amide bonds. The Balaban J connectivity index is 2.12. The van der Waals surface area contributed by atoms with Crippen LogP contribution in [0.25, 0.3) is 11.2 Å². The Morgan fingerprint density at radius 1 is 1.16 bits per heavy atom. The lowest BCUT2D eigenvalue weighted by Crippen LogP contribution is -2.28. The molecule has 0 aliphatic heterocycles. The minimum absolute atomic E-state index is 0.179. The molecule has 0 bridgehead atoms. The zero-order valence-electron chi connectivity index (χ0n) is 11.1. The molecule has 2 aromatic heterocycles. The second kappa shape index (κ2) is 6.58. The molecule has 0 fully saturated rings. The van der Waals surface area contributed by atoms with Gasteiger partial charge in [0.25, 0.3) is 0 Å². The van der Waals surface area contributed by atoms with Crippen LogP contribution in [-0.2, 0) is 0 Å². The number of fused-ring (bicyclic) bond motifs is 1. The van der Waals surface area contributed by atoms with E-state index >= 15 is 0 Å². The van der Waals surface area contributed by atoms with Gasteiger partial charge in [-0.25, -0.2) is 9.97 Å². The zero-order chi connectivity index (χ0) is 13.7. The van der Waals surface area contributed by atoms with Crippen LogP contribution in [0.4, 0.5) is 5.82 Å². The monoisotopic (exact) mass is 280 g/mol. The average Bonchev–Trinajstić information content (AvgIpc) is 2.43. The Bertz CT molecular complexity index is 543. The molecule has 0 aliphatic carbocycles. The van der Waals surface area contributed by atoms with E-state index in [-0.39, 0.29) is 5.28 Å². The van der Waals surface area contributed by atoms with Crippen LogP contribution < -0.4 is 5.32 Å². The van der Waals surface area contributed by atoms with E-state index in [1.807, 2.05) is 0 Å². The number of hydrogen-bond donors (Lipinski definition) is 1. The lowest BCUT2D eigenvalue weighted by atomic mass is 10.4. The van der Waals surface area contributed by atoms with Crippen molar-refractivity contribution in [2.75, 3.05) is 31.5 Å². The van der Waals surface area contributed by atoms with Crippen LogP contribution in [0.5, 0.6) is 0 Å². The van der Waals surface area contributed by atoms with Crippen molar-refractivity contribution in [2.45, 2.75) is 13.8 Å². The maximum absolute atomic E-state index is 5.88. The predicted octanol–water partition coefficient (Wildman–Crippen LogP) is 1.83. The first-order valence-corrected chi connectivity index (χ1v) is 6.72. The van der Waals surface area contributed by atoms with E-state index in [2.05, 4.69) is 44.0 Å². The summed E-state index contributed by atoms with van der Waals surface area (Å²) in [6, 6.07) is 0. The maximum Gasteiger partial charge on any atom is 0.226 e. The maximum atomic E-state index is 5.88. The Labute approximate surface area is 117 Å². The standard InChI is InChI=1S/C12H17ClN6/c1-3-19(4-2)8-7-16-11-9-10(15-6-5-14-9)17-12(13)18-11/h5-6H,3-4,7-8H2,1-2H3,(H,15,16,17,18). The molecule has 0 unspecified atom stereocenters. The summed E-state index contributed by atoms with van der Waals surface area (Å²) in [5, 5.41) is 3.43. The summed E-state index contributed by atoms with van der Waals surface area (Å²) in [5.74, 6) is 0.634. The Morgan fingerprint density at radius 3 is 2.63 bits per heavy atom. The number of anilines is 1. The summed E-state index contributed by atoms with van der Waals surface area (Å²) in [6.07, 6.45) is 3.21. The van der Waals surface area contributed by atoms with Crippen LogP contribution in [0.2, 0.25) is 5.28 Å². The number of nitrogens with zero attached hydrogens (tertiary/aromatic N) is 5. The van der Waals surface area contributed by atoms with Crippen molar-refractivity contribution in [1.29, 1.82) is 0 Å². The van der Waals surface area contributed by atoms with Crippen molar-refractivity contribution in [3.05, 3.63) is 17.7 Å². The van der Waals surface area contributed by atoms with E-state index in [1.165, 1.54) is 0 Å². The quantitative estimate of drug-likeness (QED) is 0.814. The van der Waals surface area contributed by atoms with E-state index in [9.17, 15) is 0 Å². The van der Waals surface area contributed by atoms with Gasteiger partial charge < -0.3 is 10.2 Å². The number of nitrogens with one attached hydrogen (secondary N) is 1. The van der Waals surface area contributed by atoms with E-state index < -0.39 is 0 Å². The summed E-state index contributed by atoms with van der Waals surface area (Å²) in [4.78, 5) is 18.9. The van der Waals surface area contributed by atoms with E-state index in [0.717, 1.165) is 26.2 Å². The van der Waals surface area contributed by atoms with Gasteiger partial charge in [0.2, 0.25) is 5.28 Å². The number of likely N-dealkylation sites (N-methyl/N-ethyl adjacent to an activating group) is 1.